The van der Waals surface area contributed by atoms with Crippen LogP contribution in [0.5, 0.6) is 11.6 Å². The summed E-state index contributed by atoms with van der Waals surface area (Å²) in [5, 5.41) is 2.95. The Bertz CT molecular complexity index is 944. The van der Waals surface area contributed by atoms with Crippen LogP contribution in [0.25, 0.3) is 0 Å². The summed E-state index contributed by atoms with van der Waals surface area (Å²) in [7, 11) is 0. The number of nitrogens with zero attached hydrogens (tertiary/aromatic N) is 4. The lowest BCUT2D eigenvalue weighted by atomic mass is 9.94. The average Bonchev–Trinajstić information content (AvgIpc) is 3.14. The Morgan fingerprint density at radius 1 is 1.25 bits per heavy atom. The Labute approximate surface area is 168 Å². The molecule has 1 fully saturated rings. The highest BCUT2D eigenvalue weighted by atomic mass is 32.1. The number of hydrogen-bond donors (Lipinski definition) is 0. The van der Waals surface area contributed by atoms with Gasteiger partial charge in [0.2, 0.25) is 11.8 Å². The Kier molecular flexibility index (Phi) is 5.62. The van der Waals surface area contributed by atoms with Crippen LogP contribution in [0, 0.1) is 6.92 Å². The highest BCUT2D eigenvalue weighted by Gasteiger charge is 2.28. The van der Waals surface area contributed by atoms with Crippen LogP contribution in [0.3, 0.4) is 0 Å². The van der Waals surface area contributed by atoms with Crippen LogP contribution in [0.4, 0.5) is 0 Å². The maximum Gasteiger partial charge on any atom is 0.241 e. The minimum Gasteiger partial charge on any atom is -0.437 e. The van der Waals surface area contributed by atoms with E-state index >= 15 is 0 Å². The van der Waals surface area contributed by atoms with Gasteiger partial charge < -0.3 is 9.64 Å². The van der Waals surface area contributed by atoms with Crippen molar-refractivity contribution >= 4 is 17.2 Å². The standard InChI is InChI=1S/C21H22N4O2S/c1-15-24-17(14-28-15)12-19(26)25-11-5-6-16(13-25)20-21(23-10-9-22-20)27-18-7-3-2-4-8-18/h2-4,7-10,14,16H,5-6,11-13H2,1H3/t16-/m0/s1. The van der Waals surface area contributed by atoms with Gasteiger partial charge in [0, 0.05) is 36.8 Å². The predicted molar refractivity (Wildman–Crippen MR) is 108 cm³/mol. The number of thiazole rings is 1. The van der Waals surface area contributed by atoms with E-state index < -0.39 is 0 Å². The second-order valence-electron chi connectivity index (χ2n) is 6.88. The van der Waals surface area contributed by atoms with E-state index in [1.807, 2.05) is 47.5 Å². The van der Waals surface area contributed by atoms with Crippen molar-refractivity contribution < 1.29 is 9.53 Å². The van der Waals surface area contributed by atoms with Crippen molar-refractivity contribution in [3.8, 4) is 11.6 Å². The number of likely N-dealkylation sites (tertiary alicyclic amines) is 1. The number of rotatable bonds is 5. The van der Waals surface area contributed by atoms with Crippen molar-refractivity contribution in [3.05, 3.63) is 64.5 Å². The van der Waals surface area contributed by atoms with Gasteiger partial charge in [-0.1, -0.05) is 18.2 Å². The lowest BCUT2D eigenvalue weighted by molar-refractivity contribution is -0.131. The summed E-state index contributed by atoms with van der Waals surface area (Å²) in [5.74, 6) is 1.47. The second kappa shape index (κ2) is 8.48. The minimum atomic E-state index is 0.113. The summed E-state index contributed by atoms with van der Waals surface area (Å²) < 4.78 is 5.97. The fraction of sp³-hybridized carbons (Fsp3) is 0.333. The van der Waals surface area contributed by atoms with Gasteiger partial charge in [-0.25, -0.2) is 9.97 Å². The second-order valence-corrected chi connectivity index (χ2v) is 7.94. The molecule has 0 N–H and O–H groups in total. The van der Waals surface area contributed by atoms with Crippen molar-refractivity contribution in [2.75, 3.05) is 13.1 Å². The predicted octanol–water partition coefficient (Wildman–Crippen LogP) is 3.98. The Balaban J connectivity index is 1.48. The van der Waals surface area contributed by atoms with Gasteiger partial charge in [-0.15, -0.1) is 11.3 Å². The van der Waals surface area contributed by atoms with Crippen LogP contribution in [-0.4, -0.2) is 38.8 Å². The van der Waals surface area contributed by atoms with E-state index in [4.69, 9.17) is 4.74 Å². The lowest BCUT2D eigenvalue weighted by Crippen LogP contribution is -2.40. The lowest BCUT2D eigenvalue weighted by Gasteiger charge is -2.32. The van der Waals surface area contributed by atoms with Crippen LogP contribution in [-0.2, 0) is 11.2 Å². The van der Waals surface area contributed by atoms with Gasteiger partial charge in [0.1, 0.15) is 11.4 Å². The first kappa shape index (κ1) is 18.6. The van der Waals surface area contributed by atoms with Crippen LogP contribution in [0.2, 0.25) is 0 Å². The number of amides is 1. The quantitative estimate of drug-likeness (QED) is 0.655. The van der Waals surface area contributed by atoms with E-state index in [-0.39, 0.29) is 11.8 Å². The molecule has 1 amide bonds. The molecule has 0 saturated carbocycles. The van der Waals surface area contributed by atoms with Gasteiger partial charge in [0.05, 0.1) is 17.1 Å². The van der Waals surface area contributed by atoms with E-state index in [2.05, 4.69) is 15.0 Å². The highest BCUT2D eigenvalue weighted by Crippen LogP contribution is 2.32. The van der Waals surface area contributed by atoms with Gasteiger partial charge in [0.15, 0.2) is 0 Å². The number of aromatic nitrogens is 3. The Hall–Kier alpha value is -2.80. The fourth-order valence-electron chi connectivity index (χ4n) is 3.48. The molecule has 6 nitrogen and oxygen atoms in total. The van der Waals surface area contributed by atoms with E-state index in [1.165, 1.54) is 0 Å². The van der Waals surface area contributed by atoms with Gasteiger partial charge in [-0.05, 0) is 31.9 Å². The smallest absolute Gasteiger partial charge is 0.241 e. The summed E-state index contributed by atoms with van der Waals surface area (Å²) in [6.45, 7) is 3.36. The molecule has 144 valence electrons. The maximum atomic E-state index is 12.8. The number of carbonyl (C=O) groups excluding carboxylic acids is 1. The zero-order valence-electron chi connectivity index (χ0n) is 15.7. The van der Waals surface area contributed by atoms with Crippen LogP contribution in [0.1, 0.15) is 35.2 Å². The molecule has 0 bridgehead atoms. The SMILES string of the molecule is Cc1nc(CC(=O)N2CCC[C@H](c3nccnc3Oc3ccccc3)C2)cs1. The zero-order chi connectivity index (χ0) is 19.3. The molecule has 0 unspecified atom stereocenters. The van der Waals surface area contributed by atoms with Gasteiger partial charge in [0.25, 0.3) is 0 Å². The third-order valence-corrected chi connectivity index (χ3v) is 5.63. The number of ether oxygens (including phenoxy) is 1. The van der Waals surface area contributed by atoms with Crippen molar-refractivity contribution in [1.29, 1.82) is 0 Å². The number of benzene rings is 1. The van der Waals surface area contributed by atoms with Crippen molar-refractivity contribution in [1.82, 2.24) is 19.9 Å². The number of piperidine rings is 1. The molecule has 4 rings (SSSR count). The molecule has 1 aliphatic rings. The molecule has 3 aromatic rings. The summed E-state index contributed by atoms with van der Waals surface area (Å²) in [6.07, 6.45) is 5.58. The largest absolute Gasteiger partial charge is 0.437 e. The third-order valence-electron chi connectivity index (χ3n) is 4.81. The molecule has 0 aliphatic carbocycles. The maximum absolute atomic E-state index is 12.8. The van der Waals surface area contributed by atoms with Crippen LogP contribution < -0.4 is 4.74 Å². The third kappa shape index (κ3) is 4.36. The molecule has 1 aromatic carbocycles. The summed E-state index contributed by atoms with van der Waals surface area (Å²) in [5.41, 5.74) is 1.66. The Morgan fingerprint density at radius 3 is 2.86 bits per heavy atom. The first-order chi connectivity index (χ1) is 13.7. The molecule has 2 aromatic heterocycles. The van der Waals surface area contributed by atoms with Gasteiger partial charge in [-0.3, -0.25) is 9.78 Å². The summed E-state index contributed by atoms with van der Waals surface area (Å²) in [6, 6.07) is 9.58. The number of aryl methyl sites for hydroxylation is 1. The molecule has 1 aliphatic heterocycles. The molecule has 1 saturated heterocycles. The van der Waals surface area contributed by atoms with Crippen LogP contribution >= 0.6 is 11.3 Å². The first-order valence-corrected chi connectivity index (χ1v) is 10.3. The molecule has 28 heavy (non-hydrogen) atoms. The number of hydrogen-bond acceptors (Lipinski definition) is 6. The number of para-hydroxylation sites is 1. The van der Waals surface area contributed by atoms with Crippen molar-refractivity contribution in [2.45, 2.75) is 32.1 Å². The average molecular weight is 395 g/mol. The van der Waals surface area contributed by atoms with E-state index in [9.17, 15) is 4.79 Å². The fourth-order valence-corrected chi connectivity index (χ4v) is 4.09. The van der Waals surface area contributed by atoms with E-state index in [0.29, 0.717) is 18.8 Å². The molecule has 0 spiro atoms. The monoisotopic (exact) mass is 394 g/mol. The summed E-state index contributed by atoms with van der Waals surface area (Å²) in [4.78, 5) is 28.0. The minimum absolute atomic E-state index is 0.113. The van der Waals surface area contributed by atoms with E-state index in [0.717, 1.165) is 41.5 Å². The Morgan fingerprint density at radius 2 is 2.07 bits per heavy atom. The normalized spacial score (nSPS) is 16.8. The topological polar surface area (TPSA) is 68.2 Å². The molecule has 3 heterocycles. The molecule has 7 heteroatoms. The molecular weight excluding hydrogens is 372 g/mol. The van der Waals surface area contributed by atoms with Crippen molar-refractivity contribution in [3.63, 3.8) is 0 Å². The molecular formula is C21H22N4O2S. The first-order valence-electron chi connectivity index (χ1n) is 9.41. The van der Waals surface area contributed by atoms with E-state index in [1.54, 1.807) is 23.7 Å². The van der Waals surface area contributed by atoms with Gasteiger partial charge >= 0.3 is 0 Å². The van der Waals surface area contributed by atoms with Crippen molar-refractivity contribution in [2.24, 2.45) is 0 Å². The molecule has 1 atom stereocenters. The highest BCUT2D eigenvalue weighted by molar-refractivity contribution is 7.09. The van der Waals surface area contributed by atoms with Crippen LogP contribution in [0.15, 0.2) is 48.1 Å². The number of carbonyl (C=O) groups is 1. The molecule has 0 radical (unpaired) electrons. The zero-order valence-corrected chi connectivity index (χ0v) is 16.6. The van der Waals surface area contributed by atoms with Gasteiger partial charge in [-0.2, -0.15) is 0 Å². The summed E-state index contributed by atoms with van der Waals surface area (Å²) >= 11 is 1.58.